The van der Waals surface area contributed by atoms with E-state index in [-0.39, 0.29) is 18.0 Å². The summed E-state index contributed by atoms with van der Waals surface area (Å²) in [6.45, 7) is 1.08. The molecule has 0 radical (unpaired) electrons. The second-order valence-corrected chi connectivity index (χ2v) is 8.09. The standard InChI is InChI=1S/C26H21F2N5O/c1-26(27,28)19-7-4-8-20(13-19)33-16-17(15-30-33)14-29-25(34)23-11-5-10-22(32-23)24-12-18-6-2-3-9-21(18)31-24/h2-13,15-16,31H,14H2,1H3,(H,29,34). The zero-order valence-corrected chi connectivity index (χ0v) is 18.3. The Labute approximate surface area is 194 Å². The van der Waals surface area contributed by atoms with Gasteiger partial charge in [-0.2, -0.15) is 5.10 Å². The smallest absolute Gasteiger partial charge is 0.270 e. The van der Waals surface area contributed by atoms with E-state index >= 15 is 0 Å². The quantitative estimate of drug-likeness (QED) is 0.356. The maximum Gasteiger partial charge on any atom is 0.270 e. The van der Waals surface area contributed by atoms with Gasteiger partial charge in [0.25, 0.3) is 11.8 Å². The van der Waals surface area contributed by atoms with Crippen LogP contribution in [0, 0.1) is 0 Å². The summed E-state index contributed by atoms with van der Waals surface area (Å²) >= 11 is 0. The number of nitrogens with zero attached hydrogens (tertiary/aromatic N) is 3. The molecule has 3 heterocycles. The minimum absolute atomic E-state index is 0.0868. The Morgan fingerprint density at radius 2 is 1.88 bits per heavy atom. The van der Waals surface area contributed by atoms with Crippen LogP contribution in [0.1, 0.15) is 28.5 Å². The maximum atomic E-state index is 13.6. The number of carbonyl (C=O) groups is 1. The number of aromatic nitrogens is 4. The normalized spacial score (nSPS) is 11.6. The predicted molar refractivity (Wildman–Crippen MR) is 126 cm³/mol. The molecule has 5 rings (SSSR count). The lowest BCUT2D eigenvalue weighted by Crippen LogP contribution is -2.23. The Kier molecular flexibility index (Phi) is 5.41. The fourth-order valence-corrected chi connectivity index (χ4v) is 3.71. The van der Waals surface area contributed by atoms with Crippen LogP contribution in [-0.2, 0) is 12.5 Å². The number of rotatable bonds is 6. The molecule has 0 saturated heterocycles. The highest BCUT2D eigenvalue weighted by Gasteiger charge is 2.24. The third kappa shape index (κ3) is 4.43. The summed E-state index contributed by atoms with van der Waals surface area (Å²) in [6.07, 6.45) is 3.28. The number of halogens is 2. The molecule has 0 aliphatic rings. The van der Waals surface area contributed by atoms with Crippen molar-refractivity contribution in [1.29, 1.82) is 0 Å². The van der Waals surface area contributed by atoms with E-state index in [1.807, 2.05) is 36.4 Å². The van der Waals surface area contributed by atoms with Crippen molar-refractivity contribution < 1.29 is 13.6 Å². The summed E-state index contributed by atoms with van der Waals surface area (Å²) in [7, 11) is 0. The summed E-state index contributed by atoms with van der Waals surface area (Å²) in [4.78, 5) is 20.5. The van der Waals surface area contributed by atoms with E-state index in [1.54, 1.807) is 36.7 Å². The van der Waals surface area contributed by atoms with Gasteiger partial charge in [0.2, 0.25) is 0 Å². The first-order valence-corrected chi connectivity index (χ1v) is 10.7. The maximum absolute atomic E-state index is 13.6. The third-order valence-electron chi connectivity index (χ3n) is 5.49. The van der Waals surface area contributed by atoms with Crippen molar-refractivity contribution in [3.05, 3.63) is 102 Å². The number of para-hydroxylation sites is 1. The van der Waals surface area contributed by atoms with E-state index in [2.05, 4.69) is 20.4 Å². The van der Waals surface area contributed by atoms with Crippen molar-refractivity contribution in [2.24, 2.45) is 0 Å². The summed E-state index contributed by atoms with van der Waals surface area (Å²) in [5.74, 6) is -3.26. The first-order valence-electron chi connectivity index (χ1n) is 10.7. The number of nitrogens with one attached hydrogen (secondary N) is 2. The van der Waals surface area contributed by atoms with E-state index in [0.717, 1.165) is 29.1 Å². The Balaban J connectivity index is 1.28. The van der Waals surface area contributed by atoms with Gasteiger partial charge in [0.05, 0.1) is 23.3 Å². The zero-order valence-electron chi connectivity index (χ0n) is 18.3. The molecule has 2 aromatic carbocycles. The number of alkyl halides is 2. The molecule has 1 amide bonds. The number of carbonyl (C=O) groups excluding carboxylic acids is 1. The van der Waals surface area contributed by atoms with Crippen LogP contribution in [0.4, 0.5) is 8.78 Å². The first kappa shape index (κ1) is 21.5. The molecule has 8 heteroatoms. The molecule has 34 heavy (non-hydrogen) atoms. The molecule has 0 fully saturated rings. The number of pyridine rings is 1. The molecular formula is C26H21F2N5O. The molecule has 2 N–H and O–H groups in total. The molecule has 5 aromatic rings. The fourth-order valence-electron chi connectivity index (χ4n) is 3.71. The Hall–Kier alpha value is -4.33. The van der Waals surface area contributed by atoms with Crippen molar-refractivity contribution in [2.75, 3.05) is 0 Å². The second-order valence-electron chi connectivity index (χ2n) is 8.09. The molecule has 0 spiro atoms. The molecule has 3 aromatic heterocycles. The molecule has 170 valence electrons. The lowest BCUT2D eigenvalue weighted by atomic mass is 10.1. The lowest BCUT2D eigenvalue weighted by Gasteiger charge is -2.11. The molecule has 0 bridgehead atoms. The molecule has 0 aliphatic carbocycles. The number of H-pyrrole nitrogens is 1. The van der Waals surface area contributed by atoms with Crippen LogP contribution in [-0.4, -0.2) is 25.7 Å². The minimum atomic E-state index is -2.94. The predicted octanol–water partition coefficient (Wildman–Crippen LogP) is 5.46. The summed E-state index contributed by atoms with van der Waals surface area (Å²) in [5, 5.41) is 8.14. The average Bonchev–Trinajstić information content (AvgIpc) is 3.49. The largest absolute Gasteiger partial charge is 0.353 e. The fraction of sp³-hybridized carbons (Fsp3) is 0.115. The number of hydrogen-bond acceptors (Lipinski definition) is 3. The Morgan fingerprint density at radius 1 is 1.06 bits per heavy atom. The zero-order chi connectivity index (χ0) is 23.7. The van der Waals surface area contributed by atoms with Crippen molar-refractivity contribution in [1.82, 2.24) is 25.1 Å². The number of aromatic amines is 1. The van der Waals surface area contributed by atoms with E-state index < -0.39 is 5.92 Å². The number of fused-ring (bicyclic) bond motifs is 1. The van der Waals surface area contributed by atoms with Crippen molar-refractivity contribution in [3.63, 3.8) is 0 Å². The van der Waals surface area contributed by atoms with Gasteiger partial charge in [-0.05, 0) is 36.4 Å². The van der Waals surface area contributed by atoms with Crippen LogP contribution in [0.15, 0.2) is 85.2 Å². The molecule has 0 unspecified atom stereocenters. The molecule has 0 aliphatic heterocycles. The lowest BCUT2D eigenvalue weighted by molar-refractivity contribution is 0.0174. The van der Waals surface area contributed by atoms with Crippen LogP contribution >= 0.6 is 0 Å². The van der Waals surface area contributed by atoms with Crippen LogP contribution < -0.4 is 5.32 Å². The first-order chi connectivity index (χ1) is 16.4. The van der Waals surface area contributed by atoms with E-state index in [1.165, 1.54) is 16.8 Å². The third-order valence-corrected chi connectivity index (χ3v) is 5.49. The van der Waals surface area contributed by atoms with Gasteiger partial charge in [-0.1, -0.05) is 36.4 Å². The highest BCUT2D eigenvalue weighted by molar-refractivity contribution is 5.93. The topological polar surface area (TPSA) is 75.6 Å². The van der Waals surface area contributed by atoms with Crippen molar-refractivity contribution >= 4 is 16.8 Å². The average molecular weight is 457 g/mol. The van der Waals surface area contributed by atoms with Gasteiger partial charge in [0, 0.05) is 41.7 Å². The SMILES string of the molecule is CC(F)(F)c1cccc(-n2cc(CNC(=O)c3cccc(-c4cc5ccccc5[nH]4)n3)cn2)c1. The van der Waals surface area contributed by atoms with Crippen LogP contribution in [0.2, 0.25) is 0 Å². The van der Waals surface area contributed by atoms with Gasteiger partial charge < -0.3 is 10.3 Å². The monoisotopic (exact) mass is 457 g/mol. The molecular weight excluding hydrogens is 436 g/mol. The summed E-state index contributed by atoms with van der Waals surface area (Å²) in [6, 6.07) is 21.2. The van der Waals surface area contributed by atoms with Gasteiger partial charge in [-0.25, -0.2) is 18.4 Å². The van der Waals surface area contributed by atoms with Gasteiger partial charge in [0.1, 0.15) is 5.69 Å². The van der Waals surface area contributed by atoms with Gasteiger partial charge in [-0.15, -0.1) is 0 Å². The van der Waals surface area contributed by atoms with Gasteiger partial charge in [-0.3, -0.25) is 4.79 Å². The molecule has 0 atom stereocenters. The van der Waals surface area contributed by atoms with E-state index in [4.69, 9.17) is 0 Å². The van der Waals surface area contributed by atoms with Gasteiger partial charge >= 0.3 is 0 Å². The van der Waals surface area contributed by atoms with Crippen LogP contribution in [0.3, 0.4) is 0 Å². The number of hydrogen-bond donors (Lipinski definition) is 2. The van der Waals surface area contributed by atoms with E-state index in [9.17, 15) is 13.6 Å². The van der Waals surface area contributed by atoms with Crippen LogP contribution in [0.5, 0.6) is 0 Å². The van der Waals surface area contributed by atoms with E-state index in [0.29, 0.717) is 17.1 Å². The molecule has 0 saturated carbocycles. The highest BCUT2D eigenvalue weighted by atomic mass is 19.3. The summed E-state index contributed by atoms with van der Waals surface area (Å²) < 4.78 is 28.8. The number of amides is 1. The summed E-state index contributed by atoms with van der Waals surface area (Å²) in [5.41, 5.74) is 3.96. The second kappa shape index (κ2) is 8.55. The van der Waals surface area contributed by atoms with Crippen molar-refractivity contribution in [2.45, 2.75) is 19.4 Å². The van der Waals surface area contributed by atoms with Crippen molar-refractivity contribution in [3.8, 4) is 17.1 Å². The minimum Gasteiger partial charge on any atom is -0.353 e. The molecule has 6 nitrogen and oxygen atoms in total. The Morgan fingerprint density at radius 3 is 2.71 bits per heavy atom. The highest BCUT2D eigenvalue weighted by Crippen LogP contribution is 2.28. The number of benzene rings is 2. The van der Waals surface area contributed by atoms with Gasteiger partial charge in [0.15, 0.2) is 0 Å². The van der Waals surface area contributed by atoms with Crippen LogP contribution in [0.25, 0.3) is 28.0 Å². The Bertz CT molecular complexity index is 1450.